The second-order valence-electron chi connectivity index (χ2n) is 4.44. The Morgan fingerprint density at radius 2 is 1.80 bits per heavy atom. The quantitative estimate of drug-likeness (QED) is 0.861. The molecule has 0 saturated carbocycles. The Hall–Kier alpha value is -1.53. The summed E-state index contributed by atoms with van der Waals surface area (Å²) >= 11 is 3.27. The SMILES string of the molecule is Cc1ccccc1N(C)S(=O)(=O)c1cc(Br)ccc1N. The lowest BCUT2D eigenvalue weighted by Crippen LogP contribution is -2.27. The Morgan fingerprint density at radius 3 is 2.45 bits per heavy atom. The van der Waals surface area contributed by atoms with Crippen molar-refractivity contribution in [3.05, 3.63) is 52.5 Å². The van der Waals surface area contributed by atoms with Gasteiger partial charge in [0.05, 0.1) is 11.4 Å². The summed E-state index contributed by atoms with van der Waals surface area (Å²) in [5, 5.41) is 0. The molecule has 20 heavy (non-hydrogen) atoms. The van der Waals surface area contributed by atoms with Crippen molar-refractivity contribution in [3.8, 4) is 0 Å². The van der Waals surface area contributed by atoms with E-state index in [4.69, 9.17) is 5.73 Å². The fraction of sp³-hybridized carbons (Fsp3) is 0.143. The molecule has 0 radical (unpaired) electrons. The monoisotopic (exact) mass is 354 g/mol. The van der Waals surface area contributed by atoms with Crippen molar-refractivity contribution in [1.82, 2.24) is 0 Å². The first-order valence-electron chi connectivity index (χ1n) is 5.93. The van der Waals surface area contributed by atoms with Gasteiger partial charge in [-0.05, 0) is 36.8 Å². The molecule has 0 aliphatic rings. The molecule has 0 aromatic heterocycles. The van der Waals surface area contributed by atoms with Gasteiger partial charge in [0, 0.05) is 11.5 Å². The zero-order valence-corrected chi connectivity index (χ0v) is 13.6. The summed E-state index contributed by atoms with van der Waals surface area (Å²) in [5.74, 6) is 0. The van der Waals surface area contributed by atoms with E-state index < -0.39 is 10.0 Å². The highest BCUT2D eigenvalue weighted by Crippen LogP contribution is 2.29. The maximum absolute atomic E-state index is 12.7. The van der Waals surface area contributed by atoms with Gasteiger partial charge in [-0.15, -0.1) is 0 Å². The van der Waals surface area contributed by atoms with Crippen molar-refractivity contribution in [2.24, 2.45) is 0 Å². The number of aryl methyl sites for hydroxylation is 1. The van der Waals surface area contributed by atoms with Crippen molar-refractivity contribution in [2.45, 2.75) is 11.8 Å². The molecular weight excluding hydrogens is 340 g/mol. The van der Waals surface area contributed by atoms with Crippen LogP contribution in [0.4, 0.5) is 11.4 Å². The van der Waals surface area contributed by atoms with Crippen LogP contribution in [0.5, 0.6) is 0 Å². The van der Waals surface area contributed by atoms with Crippen LogP contribution in [0.2, 0.25) is 0 Å². The van der Waals surface area contributed by atoms with Crippen LogP contribution in [0, 0.1) is 6.92 Å². The van der Waals surface area contributed by atoms with E-state index in [9.17, 15) is 8.42 Å². The Balaban J connectivity index is 2.56. The molecule has 2 aromatic carbocycles. The summed E-state index contributed by atoms with van der Waals surface area (Å²) in [6.07, 6.45) is 0. The maximum atomic E-state index is 12.7. The third kappa shape index (κ3) is 2.66. The fourth-order valence-electron chi connectivity index (χ4n) is 1.93. The van der Waals surface area contributed by atoms with Gasteiger partial charge in [0.25, 0.3) is 10.0 Å². The van der Waals surface area contributed by atoms with Gasteiger partial charge in [-0.1, -0.05) is 34.1 Å². The lowest BCUT2D eigenvalue weighted by atomic mass is 10.2. The lowest BCUT2D eigenvalue weighted by Gasteiger charge is -2.22. The molecule has 0 spiro atoms. The Bertz CT molecular complexity index is 745. The van der Waals surface area contributed by atoms with Gasteiger partial charge in [0.15, 0.2) is 0 Å². The third-order valence-corrected chi connectivity index (χ3v) is 5.39. The number of nitrogens with zero attached hydrogens (tertiary/aromatic N) is 1. The average Bonchev–Trinajstić information content (AvgIpc) is 2.41. The highest BCUT2D eigenvalue weighted by atomic mass is 79.9. The van der Waals surface area contributed by atoms with Gasteiger partial charge < -0.3 is 5.73 Å². The van der Waals surface area contributed by atoms with Crippen LogP contribution in [0.3, 0.4) is 0 Å². The maximum Gasteiger partial charge on any atom is 0.266 e. The normalized spacial score (nSPS) is 11.3. The van der Waals surface area contributed by atoms with E-state index in [1.54, 1.807) is 24.3 Å². The largest absolute Gasteiger partial charge is 0.398 e. The minimum atomic E-state index is -3.69. The standard InChI is InChI=1S/C14H15BrN2O2S/c1-10-5-3-4-6-13(10)17(2)20(18,19)14-9-11(15)7-8-12(14)16/h3-9H,16H2,1-2H3. The van der Waals surface area contributed by atoms with Crippen molar-refractivity contribution in [3.63, 3.8) is 0 Å². The number of para-hydroxylation sites is 1. The van der Waals surface area contributed by atoms with Crippen molar-refractivity contribution >= 4 is 37.3 Å². The Kier molecular flexibility index (Phi) is 4.06. The van der Waals surface area contributed by atoms with Crippen molar-refractivity contribution in [2.75, 3.05) is 17.1 Å². The molecule has 106 valence electrons. The number of anilines is 2. The highest BCUT2D eigenvalue weighted by Gasteiger charge is 2.24. The zero-order chi connectivity index (χ0) is 14.9. The molecule has 0 heterocycles. The van der Waals surface area contributed by atoms with Crippen LogP contribution in [0.1, 0.15) is 5.56 Å². The molecule has 0 saturated heterocycles. The summed E-state index contributed by atoms with van der Waals surface area (Å²) in [5.41, 5.74) is 7.55. The van der Waals surface area contributed by atoms with E-state index in [1.165, 1.54) is 17.4 Å². The first-order valence-corrected chi connectivity index (χ1v) is 8.17. The molecule has 2 N–H and O–H groups in total. The molecule has 0 bridgehead atoms. The van der Waals surface area contributed by atoms with Gasteiger partial charge in [0.2, 0.25) is 0 Å². The summed E-state index contributed by atoms with van der Waals surface area (Å²) < 4.78 is 27.3. The molecule has 2 rings (SSSR count). The predicted molar refractivity (Wildman–Crippen MR) is 85.3 cm³/mol. The van der Waals surface area contributed by atoms with Crippen LogP contribution < -0.4 is 10.0 Å². The van der Waals surface area contributed by atoms with Crippen LogP contribution in [0.15, 0.2) is 51.8 Å². The summed E-state index contributed by atoms with van der Waals surface area (Å²) in [7, 11) is -2.16. The van der Waals surface area contributed by atoms with Crippen molar-refractivity contribution < 1.29 is 8.42 Å². The molecule has 0 aliphatic carbocycles. The van der Waals surface area contributed by atoms with E-state index >= 15 is 0 Å². The molecule has 2 aromatic rings. The van der Waals surface area contributed by atoms with E-state index in [0.717, 1.165) is 5.56 Å². The van der Waals surface area contributed by atoms with Gasteiger partial charge in [0.1, 0.15) is 4.90 Å². The van der Waals surface area contributed by atoms with Crippen LogP contribution in [-0.2, 0) is 10.0 Å². The molecule has 6 heteroatoms. The first kappa shape index (κ1) is 14.9. The van der Waals surface area contributed by atoms with Crippen molar-refractivity contribution in [1.29, 1.82) is 0 Å². The van der Waals surface area contributed by atoms with Gasteiger partial charge in [-0.3, -0.25) is 4.31 Å². The third-order valence-electron chi connectivity index (χ3n) is 3.07. The molecule has 0 fully saturated rings. The molecule has 4 nitrogen and oxygen atoms in total. The molecule has 0 aliphatic heterocycles. The van der Waals surface area contributed by atoms with Gasteiger partial charge in [-0.25, -0.2) is 8.42 Å². The topological polar surface area (TPSA) is 63.4 Å². The Morgan fingerprint density at radius 1 is 1.15 bits per heavy atom. The van der Waals surface area contributed by atoms with E-state index in [0.29, 0.717) is 10.2 Å². The summed E-state index contributed by atoms with van der Waals surface area (Å²) in [4.78, 5) is 0.0950. The smallest absolute Gasteiger partial charge is 0.266 e. The predicted octanol–water partition coefficient (Wildman–Crippen LogP) is 3.16. The Labute approximate surface area is 127 Å². The second-order valence-corrected chi connectivity index (χ2v) is 7.29. The molecule has 0 amide bonds. The number of hydrogen-bond acceptors (Lipinski definition) is 3. The van der Waals surface area contributed by atoms with E-state index in [1.807, 2.05) is 19.1 Å². The van der Waals surface area contributed by atoms with Gasteiger partial charge >= 0.3 is 0 Å². The molecule has 0 unspecified atom stereocenters. The number of rotatable bonds is 3. The fourth-order valence-corrected chi connectivity index (χ4v) is 3.84. The van der Waals surface area contributed by atoms with Crippen LogP contribution >= 0.6 is 15.9 Å². The zero-order valence-electron chi connectivity index (χ0n) is 11.2. The summed E-state index contributed by atoms with van der Waals surface area (Å²) in [6, 6.07) is 12.1. The number of hydrogen-bond donors (Lipinski definition) is 1. The lowest BCUT2D eigenvalue weighted by molar-refractivity contribution is 0.594. The van der Waals surface area contributed by atoms with E-state index in [2.05, 4.69) is 15.9 Å². The van der Waals surface area contributed by atoms with Crippen LogP contribution in [-0.4, -0.2) is 15.5 Å². The van der Waals surface area contributed by atoms with E-state index in [-0.39, 0.29) is 10.6 Å². The molecular formula is C14H15BrN2O2S. The second kappa shape index (κ2) is 5.46. The minimum absolute atomic E-state index is 0.0950. The van der Waals surface area contributed by atoms with Crippen LogP contribution in [0.25, 0.3) is 0 Å². The number of halogens is 1. The number of sulfonamides is 1. The van der Waals surface area contributed by atoms with Gasteiger partial charge in [-0.2, -0.15) is 0 Å². The highest BCUT2D eigenvalue weighted by molar-refractivity contribution is 9.10. The first-order chi connectivity index (χ1) is 9.34. The summed E-state index contributed by atoms with van der Waals surface area (Å²) in [6.45, 7) is 1.87. The minimum Gasteiger partial charge on any atom is -0.398 e. The average molecular weight is 355 g/mol. The number of nitrogen functional groups attached to an aromatic ring is 1. The number of benzene rings is 2. The number of nitrogens with two attached hydrogens (primary N) is 1. The molecule has 0 atom stereocenters.